The number of fused-ring (bicyclic) bond motifs is 3. The van der Waals surface area contributed by atoms with Gasteiger partial charge in [-0.15, -0.1) is 11.3 Å². The van der Waals surface area contributed by atoms with E-state index < -0.39 is 0 Å². The minimum Gasteiger partial charge on any atom is -0.487 e. The van der Waals surface area contributed by atoms with Crippen molar-refractivity contribution in [3.05, 3.63) is 39.7 Å². The van der Waals surface area contributed by atoms with Crippen molar-refractivity contribution < 1.29 is 9.84 Å². The normalized spacial score (nSPS) is 12.9. The number of ether oxygens (including phenoxy) is 1. The third kappa shape index (κ3) is 1.44. The van der Waals surface area contributed by atoms with E-state index >= 15 is 0 Å². The lowest BCUT2D eigenvalue weighted by Gasteiger charge is -2.18. The summed E-state index contributed by atoms with van der Waals surface area (Å²) in [6.45, 7) is 0.607. The van der Waals surface area contributed by atoms with Crippen molar-refractivity contribution in [2.24, 2.45) is 0 Å². The second-order valence-corrected chi connectivity index (χ2v) is 5.17. The van der Waals surface area contributed by atoms with Crippen LogP contribution in [0.1, 0.15) is 10.4 Å². The molecule has 1 aromatic carbocycles. The zero-order chi connectivity index (χ0) is 11.1. The van der Waals surface area contributed by atoms with Gasteiger partial charge in [-0.3, -0.25) is 0 Å². The van der Waals surface area contributed by atoms with E-state index in [0.717, 1.165) is 26.6 Å². The standard InChI is InChI=1S/C12H9ClO2S/c13-10-3-1-2-9-11(10)15-6-7-4-8(5-14)16-12(7)9/h1-4,14H,5-6H2. The number of hydrogen-bond acceptors (Lipinski definition) is 3. The van der Waals surface area contributed by atoms with Crippen molar-refractivity contribution in [2.45, 2.75) is 13.2 Å². The van der Waals surface area contributed by atoms with E-state index in [1.165, 1.54) is 0 Å². The number of aliphatic hydroxyl groups is 1. The fourth-order valence-electron chi connectivity index (χ4n) is 1.88. The van der Waals surface area contributed by atoms with Gasteiger partial charge in [-0.2, -0.15) is 0 Å². The summed E-state index contributed by atoms with van der Waals surface area (Å²) in [5, 5.41) is 9.77. The van der Waals surface area contributed by atoms with Gasteiger partial charge in [0.25, 0.3) is 0 Å². The SMILES string of the molecule is OCc1cc2c(s1)-c1cccc(Cl)c1OC2. The average molecular weight is 253 g/mol. The summed E-state index contributed by atoms with van der Waals surface area (Å²) in [4.78, 5) is 2.12. The van der Waals surface area contributed by atoms with Crippen molar-refractivity contribution >= 4 is 22.9 Å². The molecule has 0 amide bonds. The van der Waals surface area contributed by atoms with Crippen LogP contribution in [-0.4, -0.2) is 5.11 Å². The van der Waals surface area contributed by atoms with Crippen LogP contribution < -0.4 is 4.74 Å². The molecule has 0 fully saturated rings. The van der Waals surface area contributed by atoms with Crippen molar-refractivity contribution in [2.75, 3.05) is 0 Å². The van der Waals surface area contributed by atoms with Crippen LogP contribution in [0.15, 0.2) is 24.3 Å². The van der Waals surface area contributed by atoms with Crippen molar-refractivity contribution in [3.8, 4) is 16.2 Å². The molecule has 1 aliphatic rings. The van der Waals surface area contributed by atoms with Gasteiger partial charge in [0.2, 0.25) is 0 Å². The highest BCUT2D eigenvalue weighted by Crippen LogP contribution is 2.45. The smallest absolute Gasteiger partial charge is 0.147 e. The number of thiophene rings is 1. The lowest BCUT2D eigenvalue weighted by atomic mass is 10.1. The van der Waals surface area contributed by atoms with Crippen LogP contribution >= 0.6 is 22.9 Å². The highest BCUT2D eigenvalue weighted by Gasteiger charge is 2.21. The molecule has 2 aromatic rings. The Labute approximate surface area is 102 Å². The number of halogens is 1. The van der Waals surface area contributed by atoms with Gasteiger partial charge in [0.15, 0.2) is 0 Å². The van der Waals surface area contributed by atoms with Crippen molar-refractivity contribution in [1.82, 2.24) is 0 Å². The summed E-state index contributed by atoms with van der Waals surface area (Å²) >= 11 is 7.68. The van der Waals surface area contributed by atoms with E-state index in [4.69, 9.17) is 21.4 Å². The van der Waals surface area contributed by atoms with Crippen LogP contribution in [0.4, 0.5) is 0 Å². The van der Waals surface area contributed by atoms with E-state index in [1.807, 2.05) is 24.3 Å². The van der Waals surface area contributed by atoms with Crippen LogP contribution in [0.2, 0.25) is 5.02 Å². The van der Waals surface area contributed by atoms with E-state index in [2.05, 4.69) is 0 Å². The first-order valence-electron chi connectivity index (χ1n) is 4.93. The Morgan fingerprint density at radius 2 is 2.31 bits per heavy atom. The van der Waals surface area contributed by atoms with Gasteiger partial charge in [-0.1, -0.05) is 17.7 Å². The first-order chi connectivity index (χ1) is 7.79. The van der Waals surface area contributed by atoms with Crippen molar-refractivity contribution in [1.29, 1.82) is 0 Å². The van der Waals surface area contributed by atoms with Gasteiger partial charge >= 0.3 is 0 Å². The summed E-state index contributed by atoms with van der Waals surface area (Å²) in [7, 11) is 0. The quantitative estimate of drug-likeness (QED) is 0.842. The first kappa shape index (κ1) is 10.1. The molecule has 0 bridgehead atoms. The van der Waals surface area contributed by atoms with Crippen LogP contribution in [0, 0.1) is 0 Å². The molecule has 3 rings (SSSR count). The fraction of sp³-hybridized carbons (Fsp3) is 0.167. The summed E-state index contributed by atoms with van der Waals surface area (Å²) in [6.07, 6.45) is 0. The molecule has 2 nitrogen and oxygen atoms in total. The summed E-state index contributed by atoms with van der Waals surface area (Å²) < 4.78 is 5.63. The topological polar surface area (TPSA) is 29.5 Å². The Kier molecular flexibility index (Phi) is 2.39. The van der Waals surface area contributed by atoms with E-state index in [9.17, 15) is 0 Å². The maximum absolute atomic E-state index is 9.13. The molecule has 16 heavy (non-hydrogen) atoms. The number of aliphatic hydroxyl groups excluding tert-OH is 1. The Morgan fingerprint density at radius 1 is 1.44 bits per heavy atom. The highest BCUT2D eigenvalue weighted by atomic mass is 35.5. The fourth-order valence-corrected chi connectivity index (χ4v) is 3.16. The zero-order valence-corrected chi connectivity index (χ0v) is 9.94. The number of hydrogen-bond donors (Lipinski definition) is 1. The summed E-state index contributed by atoms with van der Waals surface area (Å²) in [5.74, 6) is 0.753. The molecule has 1 N–H and O–H groups in total. The van der Waals surface area contributed by atoms with Crippen LogP contribution in [0.25, 0.3) is 10.4 Å². The van der Waals surface area contributed by atoms with E-state index in [0.29, 0.717) is 11.6 Å². The number of para-hydroxylation sites is 1. The molecular weight excluding hydrogens is 244 g/mol. The maximum Gasteiger partial charge on any atom is 0.147 e. The molecule has 0 atom stereocenters. The van der Waals surface area contributed by atoms with Gasteiger partial charge in [-0.05, 0) is 18.2 Å². The van der Waals surface area contributed by atoms with Crippen molar-refractivity contribution in [3.63, 3.8) is 0 Å². The zero-order valence-electron chi connectivity index (χ0n) is 8.37. The molecule has 0 aliphatic carbocycles. The minimum absolute atomic E-state index is 0.0770. The molecule has 0 spiro atoms. The Morgan fingerprint density at radius 3 is 3.12 bits per heavy atom. The molecule has 0 saturated carbocycles. The lowest BCUT2D eigenvalue weighted by Crippen LogP contribution is -2.02. The first-order valence-corrected chi connectivity index (χ1v) is 6.13. The Balaban J connectivity index is 2.22. The third-order valence-corrected chi connectivity index (χ3v) is 4.09. The van der Waals surface area contributed by atoms with Gasteiger partial charge < -0.3 is 9.84 Å². The van der Waals surface area contributed by atoms with Crippen LogP contribution in [0.3, 0.4) is 0 Å². The lowest BCUT2D eigenvalue weighted by molar-refractivity contribution is 0.284. The molecular formula is C12H9ClO2S. The molecule has 0 unspecified atom stereocenters. The van der Waals surface area contributed by atoms with Gasteiger partial charge in [0.1, 0.15) is 12.4 Å². The van der Waals surface area contributed by atoms with Gasteiger partial charge in [0.05, 0.1) is 11.6 Å². The molecule has 1 aromatic heterocycles. The van der Waals surface area contributed by atoms with Gasteiger partial charge in [0, 0.05) is 20.9 Å². The molecule has 4 heteroatoms. The summed E-state index contributed by atoms with van der Waals surface area (Å²) in [6, 6.07) is 7.73. The predicted octanol–water partition coefficient (Wildman–Crippen LogP) is 3.45. The van der Waals surface area contributed by atoms with Gasteiger partial charge in [-0.25, -0.2) is 0 Å². The number of benzene rings is 1. The third-order valence-electron chi connectivity index (χ3n) is 2.60. The second-order valence-electron chi connectivity index (χ2n) is 3.63. The summed E-state index contributed by atoms with van der Waals surface area (Å²) in [5.41, 5.74) is 2.15. The van der Waals surface area contributed by atoms with E-state index in [-0.39, 0.29) is 6.61 Å². The molecule has 0 radical (unpaired) electrons. The largest absolute Gasteiger partial charge is 0.487 e. The van der Waals surface area contributed by atoms with Crippen LogP contribution in [-0.2, 0) is 13.2 Å². The molecule has 2 heterocycles. The predicted molar refractivity (Wildman–Crippen MR) is 65.0 cm³/mol. The maximum atomic E-state index is 9.13. The minimum atomic E-state index is 0.0770. The average Bonchev–Trinajstić information content (AvgIpc) is 2.72. The monoisotopic (exact) mass is 252 g/mol. The Hall–Kier alpha value is -1.03. The molecule has 0 saturated heterocycles. The second kappa shape index (κ2) is 3.77. The molecule has 1 aliphatic heterocycles. The van der Waals surface area contributed by atoms with E-state index in [1.54, 1.807) is 11.3 Å². The highest BCUT2D eigenvalue weighted by molar-refractivity contribution is 7.15. The Bertz CT molecular complexity index is 548. The molecule has 82 valence electrons. The van der Waals surface area contributed by atoms with Crippen LogP contribution in [0.5, 0.6) is 5.75 Å². The number of rotatable bonds is 1.